The zero-order chi connectivity index (χ0) is 34.5. The Morgan fingerprint density at radius 2 is 1.45 bits per heavy atom. The van der Waals surface area contributed by atoms with Gasteiger partial charge in [0.25, 0.3) is 5.91 Å². The molecule has 18 heteroatoms. The molecule has 0 bridgehead atoms. The highest BCUT2D eigenvalue weighted by atomic mass is 19.4. The van der Waals surface area contributed by atoms with Gasteiger partial charge in [0.1, 0.15) is 5.69 Å². The van der Waals surface area contributed by atoms with Crippen LogP contribution in [0, 0.1) is 12.8 Å². The number of anilines is 1. The van der Waals surface area contributed by atoms with Crippen LogP contribution < -0.4 is 4.90 Å². The van der Waals surface area contributed by atoms with E-state index in [0.29, 0.717) is 24.7 Å². The first-order valence-corrected chi connectivity index (χ1v) is 14.1. The van der Waals surface area contributed by atoms with Crippen molar-refractivity contribution < 1.29 is 50.9 Å². The number of alkyl halides is 6. The third-order valence-corrected chi connectivity index (χ3v) is 7.17. The number of fused-ring (bicyclic) bond motifs is 1. The maximum atomic E-state index is 13.5. The maximum absolute atomic E-state index is 13.5. The van der Waals surface area contributed by atoms with E-state index in [-0.39, 0.29) is 5.91 Å². The quantitative estimate of drug-likeness (QED) is 0.293. The summed E-state index contributed by atoms with van der Waals surface area (Å²) in [5.41, 5.74) is 4.59. The molecule has 4 heterocycles. The van der Waals surface area contributed by atoms with E-state index in [9.17, 15) is 31.1 Å². The highest BCUT2D eigenvalue weighted by Gasteiger charge is 2.39. The lowest BCUT2D eigenvalue weighted by molar-refractivity contribution is -0.193. The summed E-state index contributed by atoms with van der Waals surface area (Å²) in [4.78, 5) is 44.7. The Labute approximate surface area is 262 Å². The molecule has 2 N–H and O–H groups in total. The monoisotopic (exact) mass is 669 g/mol. The van der Waals surface area contributed by atoms with E-state index in [4.69, 9.17) is 24.8 Å². The molecule has 252 valence electrons. The van der Waals surface area contributed by atoms with Gasteiger partial charge in [-0.25, -0.2) is 14.6 Å². The number of halogens is 6. The van der Waals surface area contributed by atoms with E-state index in [1.54, 1.807) is 12.4 Å². The SMILES string of the molecule is Cc1ccc(N2CCN(C(=O)c3nc(-c4ccnn4CC4CC4)n4ccncc34)CC2)cc1.O=C(O)C(F)(F)F.O=C(O)C(F)(F)F. The first-order chi connectivity index (χ1) is 22.1. The molecule has 0 unspecified atom stereocenters. The first kappa shape index (κ1) is 34.7. The zero-order valence-electron chi connectivity index (χ0n) is 24.7. The van der Waals surface area contributed by atoms with Gasteiger partial charge in [-0.2, -0.15) is 31.4 Å². The normalized spacial score (nSPS) is 15.0. The van der Waals surface area contributed by atoms with Crippen molar-refractivity contribution in [1.82, 2.24) is 29.0 Å². The fraction of sp³-hybridized carbons (Fsp3) is 0.379. The molecule has 4 aromatic rings. The summed E-state index contributed by atoms with van der Waals surface area (Å²) in [7, 11) is 0. The Morgan fingerprint density at radius 1 is 0.872 bits per heavy atom. The Hall–Kier alpha value is -5.16. The Balaban J connectivity index is 0.000000301. The van der Waals surface area contributed by atoms with Crippen LogP contribution in [0.5, 0.6) is 0 Å². The molecule has 1 saturated heterocycles. The van der Waals surface area contributed by atoms with Crippen LogP contribution in [0.15, 0.2) is 55.1 Å². The molecule has 6 rings (SSSR count). The second kappa shape index (κ2) is 14.1. The van der Waals surface area contributed by atoms with Crippen molar-refractivity contribution >= 4 is 29.0 Å². The second-order valence-electron chi connectivity index (χ2n) is 10.7. The average molecular weight is 670 g/mol. The van der Waals surface area contributed by atoms with Crippen molar-refractivity contribution in [2.45, 2.75) is 38.7 Å². The number of amides is 1. The number of aromatic nitrogens is 5. The van der Waals surface area contributed by atoms with Crippen LogP contribution in [0.1, 0.15) is 28.9 Å². The molecule has 1 amide bonds. The molecule has 12 nitrogen and oxygen atoms in total. The summed E-state index contributed by atoms with van der Waals surface area (Å²) < 4.78 is 67.4. The van der Waals surface area contributed by atoms with Gasteiger partial charge in [0.05, 0.1) is 11.7 Å². The average Bonchev–Trinajstić information content (AvgIpc) is 3.58. The number of piperazine rings is 1. The van der Waals surface area contributed by atoms with Crippen LogP contribution in [-0.4, -0.2) is 95.6 Å². The number of hydrogen-bond donors (Lipinski definition) is 2. The predicted molar refractivity (Wildman–Crippen MR) is 154 cm³/mol. The minimum absolute atomic E-state index is 0.0384. The fourth-order valence-electron chi connectivity index (χ4n) is 4.56. The number of hydrogen-bond acceptors (Lipinski definition) is 7. The van der Waals surface area contributed by atoms with Gasteiger partial charge in [0.2, 0.25) is 0 Å². The van der Waals surface area contributed by atoms with Gasteiger partial charge in [-0.15, -0.1) is 0 Å². The van der Waals surface area contributed by atoms with E-state index in [2.05, 4.69) is 46.2 Å². The minimum atomic E-state index is -5.08. The lowest BCUT2D eigenvalue weighted by atomic mass is 10.2. The third kappa shape index (κ3) is 8.98. The molecule has 2 aliphatic rings. The number of benzene rings is 1. The topological polar surface area (TPSA) is 146 Å². The van der Waals surface area contributed by atoms with E-state index in [1.807, 2.05) is 32.4 Å². The number of imidazole rings is 1. The number of carboxylic acid groups (broad SMARTS) is 2. The molecule has 1 aliphatic carbocycles. The van der Waals surface area contributed by atoms with Crippen LogP contribution in [0.2, 0.25) is 0 Å². The molecule has 1 aromatic carbocycles. The van der Waals surface area contributed by atoms with Crippen LogP contribution in [0.25, 0.3) is 17.0 Å². The van der Waals surface area contributed by atoms with Gasteiger partial charge in [-0.1, -0.05) is 17.7 Å². The van der Waals surface area contributed by atoms with Crippen LogP contribution >= 0.6 is 0 Å². The summed E-state index contributed by atoms with van der Waals surface area (Å²) in [5, 5.41) is 18.8. The Bertz CT molecular complexity index is 1680. The standard InChI is InChI=1S/C25H27N7O.2C2HF3O2/c1-18-2-6-20(7-3-18)29-12-14-30(15-13-29)25(33)23-22-16-26-10-11-31(22)24(28-23)21-8-9-27-32(21)17-19-4-5-19;2*3-2(4,5)1(6)7/h2-3,6-11,16,19H,4-5,12-15,17H2,1H3;2*(H,6,7). The number of carbonyl (C=O) groups excluding carboxylic acids is 1. The molecule has 1 saturated carbocycles. The van der Waals surface area contributed by atoms with Crippen LogP contribution in [-0.2, 0) is 16.1 Å². The molecule has 1 aliphatic heterocycles. The highest BCUT2D eigenvalue weighted by molar-refractivity contribution is 6.00. The smallest absolute Gasteiger partial charge is 0.475 e. The molecule has 0 spiro atoms. The van der Waals surface area contributed by atoms with Crippen molar-refractivity contribution in [2.75, 3.05) is 31.1 Å². The minimum Gasteiger partial charge on any atom is -0.475 e. The maximum Gasteiger partial charge on any atom is 0.490 e. The Kier molecular flexibility index (Phi) is 10.4. The second-order valence-corrected chi connectivity index (χ2v) is 10.7. The van der Waals surface area contributed by atoms with Crippen LogP contribution in [0.4, 0.5) is 32.0 Å². The number of rotatable bonds is 5. The summed E-state index contributed by atoms with van der Waals surface area (Å²) in [6.07, 6.45) is -0.514. The number of carbonyl (C=O) groups is 3. The van der Waals surface area contributed by atoms with Crippen molar-refractivity contribution in [1.29, 1.82) is 0 Å². The lowest BCUT2D eigenvalue weighted by Crippen LogP contribution is -2.49. The Morgan fingerprint density at radius 3 is 1.98 bits per heavy atom. The van der Waals surface area contributed by atoms with E-state index in [1.165, 1.54) is 24.1 Å². The number of aliphatic carboxylic acids is 2. The largest absolute Gasteiger partial charge is 0.490 e. The predicted octanol–water partition coefficient (Wildman–Crippen LogP) is 4.54. The zero-order valence-corrected chi connectivity index (χ0v) is 24.7. The molecule has 2 fully saturated rings. The molecule has 3 aromatic heterocycles. The molecular weight excluding hydrogens is 640 g/mol. The summed E-state index contributed by atoms with van der Waals surface area (Å²) in [6, 6.07) is 10.5. The number of carboxylic acids is 2. The lowest BCUT2D eigenvalue weighted by Gasteiger charge is -2.36. The van der Waals surface area contributed by atoms with Gasteiger partial charge >= 0.3 is 24.3 Å². The van der Waals surface area contributed by atoms with E-state index < -0.39 is 24.3 Å². The molecular formula is C29H29F6N7O5. The van der Waals surface area contributed by atoms with Crippen molar-refractivity contribution in [3.63, 3.8) is 0 Å². The van der Waals surface area contributed by atoms with Crippen molar-refractivity contribution in [2.24, 2.45) is 5.92 Å². The van der Waals surface area contributed by atoms with Crippen molar-refractivity contribution in [3.8, 4) is 11.5 Å². The number of aryl methyl sites for hydroxylation is 1. The van der Waals surface area contributed by atoms with Gasteiger partial charge in [0, 0.05) is 57.0 Å². The van der Waals surface area contributed by atoms with Crippen molar-refractivity contribution in [3.05, 3.63) is 66.4 Å². The molecule has 0 atom stereocenters. The summed E-state index contributed by atoms with van der Waals surface area (Å²) in [5.74, 6) is -4.11. The fourth-order valence-corrected chi connectivity index (χ4v) is 4.56. The van der Waals surface area contributed by atoms with Crippen LogP contribution in [0.3, 0.4) is 0 Å². The molecule has 0 radical (unpaired) electrons. The first-order valence-electron chi connectivity index (χ1n) is 14.1. The van der Waals surface area contributed by atoms with Gasteiger partial charge < -0.3 is 20.0 Å². The van der Waals surface area contributed by atoms with Gasteiger partial charge in [-0.05, 0) is 43.9 Å². The van der Waals surface area contributed by atoms with E-state index >= 15 is 0 Å². The van der Waals surface area contributed by atoms with E-state index in [0.717, 1.165) is 36.7 Å². The highest BCUT2D eigenvalue weighted by Crippen LogP contribution is 2.32. The van der Waals surface area contributed by atoms with Gasteiger partial charge in [-0.3, -0.25) is 18.9 Å². The number of nitrogens with zero attached hydrogens (tertiary/aromatic N) is 7. The third-order valence-electron chi connectivity index (χ3n) is 7.17. The summed E-state index contributed by atoms with van der Waals surface area (Å²) in [6.45, 7) is 5.94. The summed E-state index contributed by atoms with van der Waals surface area (Å²) >= 11 is 0. The van der Waals surface area contributed by atoms with Gasteiger partial charge in [0.15, 0.2) is 11.5 Å². The molecule has 47 heavy (non-hydrogen) atoms.